The van der Waals surface area contributed by atoms with Gasteiger partial charge in [-0.2, -0.15) is 0 Å². The Labute approximate surface area is 277 Å². The van der Waals surface area contributed by atoms with Crippen LogP contribution in [0.3, 0.4) is 0 Å². The van der Waals surface area contributed by atoms with E-state index < -0.39 is 51.8 Å². The van der Waals surface area contributed by atoms with Crippen LogP contribution >= 0.6 is 0 Å². The third kappa shape index (κ3) is 12.3. The number of cyclic esters (lactones) is 1. The molecule has 0 bridgehead atoms. The van der Waals surface area contributed by atoms with Gasteiger partial charge in [0.15, 0.2) is 6.10 Å². The third-order valence-electron chi connectivity index (χ3n) is 8.05. The van der Waals surface area contributed by atoms with Gasteiger partial charge in [-0.05, 0) is 90.1 Å². The van der Waals surface area contributed by atoms with Crippen LogP contribution in [0.2, 0.25) is 0 Å². The second-order valence-corrected chi connectivity index (χ2v) is 15.1. The standard InChI is InChI=1S/C32H51N5O9S/c1-5-6-18-47(42,43)35-25(29(38)39)19-22-10-12-23(13-11-22)44-21-24-20-37(31(41)45-24)27(30(40)46-32(2,3)4)15-14-26(28(33)34)36-16-8-7-9-17-36/h10-13,24-27,35H,5-9,14-21H2,1-4H3,(H3,33,34)(H,38,39). The number of esters is 1. The maximum Gasteiger partial charge on any atom is 0.411 e. The summed E-state index contributed by atoms with van der Waals surface area (Å²) in [7, 11) is -3.73. The molecule has 1 amide bonds. The highest BCUT2D eigenvalue weighted by atomic mass is 32.2. The van der Waals surface area contributed by atoms with Crippen molar-refractivity contribution < 1.29 is 42.1 Å². The number of nitrogens with zero attached hydrogens (tertiary/aromatic N) is 2. The highest BCUT2D eigenvalue weighted by molar-refractivity contribution is 7.89. The average molecular weight is 682 g/mol. The number of carboxylic acid groups (broad SMARTS) is 1. The lowest BCUT2D eigenvalue weighted by molar-refractivity contribution is -0.160. The number of amides is 1. The van der Waals surface area contributed by atoms with Gasteiger partial charge in [0.05, 0.1) is 18.3 Å². The molecule has 0 radical (unpaired) electrons. The lowest BCUT2D eigenvalue weighted by atomic mass is 10.00. The van der Waals surface area contributed by atoms with Crippen molar-refractivity contribution in [1.29, 1.82) is 5.41 Å². The molecule has 2 aliphatic rings. The number of hydrogen-bond acceptors (Lipinski definition) is 10. The Hall–Kier alpha value is -3.43. The van der Waals surface area contributed by atoms with Gasteiger partial charge in [0.1, 0.15) is 35.9 Å². The van der Waals surface area contributed by atoms with Crippen molar-refractivity contribution in [3.63, 3.8) is 0 Å². The summed E-state index contributed by atoms with van der Waals surface area (Å²) in [5.41, 5.74) is 5.78. The Morgan fingerprint density at radius 3 is 2.34 bits per heavy atom. The zero-order valence-corrected chi connectivity index (χ0v) is 28.7. The van der Waals surface area contributed by atoms with E-state index in [2.05, 4.69) is 9.62 Å². The fraction of sp³-hybridized carbons (Fsp3) is 0.688. The zero-order chi connectivity index (χ0) is 34.8. The number of amidine groups is 1. The van der Waals surface area contributed by atoms with Gasteiger partial charge < -0.3 is 25.1 Å². The highest BCUT2D eigenvalue weighted by Crippen LogP contribution is 2.25. The molecule has 264 valence electrons. The first-order chi connectivity index (χ1) is 22.1. The fourth-order valence-corrected chi connectivity index (χ4v) is 7.07. The fourth-order valence-electron chi connectivity index (χ4n) is 5.67. The van der Waals surface area contributed by atoms with E-state index in [1.807, 2.05) is 6.92 Å². The van der Waals surface area contributed by atoms with Crippen molar-refractivity contribution in [3.05, 3.63) is 29.8 Å². The lowest BCUT2D eigenvalue weighted by Crippen LogP contribution is -2.49. The molecule has 5 N–H and O–H groups in total. The molecule has 0 aromatic heterocycles. The van der Waals surface area contributed by atoms with E-state index in [0.29, 0.717) is 30.6 Å². The number of piperidine rings is 1. The summed E-state index contributed by atoms with van der Waals surface area (Å²) >= 11 is 0. The summed E-state index contributed by atoms with van der Waals surface area (Å²) in [5, 5.41) is 17.7. The Morgan fingerprint density at radius 2 is 1.77 bits per heavy atom. The molecule has 4 atom stereocenters. The number of carbonyl (C=O) groups is 3. The number of nitrogens with one attached hydrogen (secondary N) is 2. The molecule has 47 heavy (non-hydrogen) atoms. The van der Waals surface area contributed by atoms with Gasteiger partial charge in [-0.15, -0.1) is 0 Å². The number of unbranched alkanes of at least 4 members (excludes halogenated alkanes) is 1. The van der Waals surface area contributed by atoms with Crippen LogP contribution in [-0.4, -0.2) is 109 Å². The predicted molar refractivity (Wildman–Crippen MR) is 176 cm³/mol. The Bertz CT molecular complexity index is 1330. The Balaban J connectivity index is 1.62. The number of sulfonamides is 1. The molecule has 2 aliphatic heterocycles. The zero-order valence-electron chi connectivity index (χ0n) is 27.9. The third-order valence-corrected chi connectivity index (χ3v) is 9.52. The van der Waals surface area contributed by atoms with Crippen molar-refractivity contribution >= 4 is 33.9 Å². The van der Waals surface area contributed by atoms with E-state index in [4.69, 9.17) is 25.4 Å². The molecule has 0 spiro atoms. The molecular weight excluding hydrogens is 630 g/mol. The average Bonchev–Trinajstić information content (AvgIpc) is 3.36. The van der Waals surface area contributed by atoms with Gasteiger partial charge >= 0.3 is 18.0 Å². The minimum Gasteiger partial charge on any atom is -0.490 e. The SMILES string of the molecule is CCCCS(=O)(=O)NC(Cc1ccc(OCC2CN(C(CCC(C(=N)N)N3CCCCC3)C(=O)OC(C)(C)C)C(=O)O2)cc1)C(=O)O. The van der Waals surface area contributed by atoms with Crippen LogP contribution in [0.1, 0.15) is 78.2 Å². The molecule has 2 saturated heterocycles. The van der Waals surface area contributed by atoms with E-state index in [-0.39, 0.29) is 43.6 Å². The molecule has 2 fully saturated rings. The number of likely N-dealkylation sites (tertiary alicyclic amines) is 1. The van der Waals surface area contributed by atoms with Crippen LogP contribution < -0.4 is 15.2 Å². The van der Waals surface area contributed by atoms with Crippen LogP contribution in [0.25, 0.3) is 0 Å². The number of carbonyl (C=O) groups excluding carboxylic acids is 2. The van der Waals surface area contributed by atoms with Gasteiger partial charge in [-0.1, -0.05) is 31.9 Å². The van der Waals surface area contributed by atoms with Crippen molar-refractivity contribution in [2.75, 3.05) is 32.0 Å². The van der Waals surface area contributed by atoms with E-state index in [9.17, 15) is 27.9 Å². The number of aliphatic carboxylic acids is 1. The molecule has 0 saturated carbocycles. The smallest absolute Gasteiger partial charge is 0.411 e. The van der Waals surface area contributed by atoms with Gasteiger partial charge in [-0.3, -0.25) is 20.0 Å². The first kappa shape index (κ1) is 38.0. The largest absolute Gasteiger partial charge is 0.490 e. The summed E-state index contributed by atoms with van der Waals surface area (Å²) in [6.45, 7) is 8.86. The normalized spacial score (nSPS) is 19.4. The predicted octanol–water partition coefficient (Wildman–Crippen LogP) is 2.88. The van der Waals surface area contributed by atoms with Crippen molar-refractivity contribution in [2.45, 2.75) is 109 Å². The molecule has 1 aromatic carbocycles. The van der Waals surface area contributed by atoms with Crippen LogP contribution in [0.5, 0.6) is 5.75 Å². The summed E-state index contributed by atoms with van der Waals surface area (Å²) < 4.78 is 43.8. The Kier molecular flexibility index (Phi) is 13.8. The first-order valence-corrected chi connectivity index (χ1v) is 18.0. The van der Waals surface area contributed by atoms with Crippen LogP contribution in [0, 0.1) is 5.41 Å². The molecule has 3 rings (SSSR count). The van der Waals surface area contributed by atoms with Gasteiger partial charge in [-0.25, -0.2) is 22.7 Å². The monoisotopic (exact) mass is 681 g/mol. The second-order valence-electron chi connectivity index (χ2n) is 13.2. The minimum atomic E-state index is -3.73. The molecule has 1 aromatic rings. The van der Waals surface area contributed by atoms with Gasteiger partial charge in [0, 0.05) is 0 Å². The lowest BCUT2D eigenvalue weighted by Gasteiger charge is -2.35. The number of benzene rings is 1. The quantitative estimate of drug-likeness (QED) is 0.101. The maximum absolute atomic E-state index is 13.3. The summed E-state index contributed by atoms with van der Waals surface area (Å²) in [6.07, 6.45) is 3.52. The van der Waals surface area contributed by atoms with Crippen LogP contribution in [0.4, 0.5) is 4.79 Å². The van der Waals surface area contributed by atoms with Crippen molar-refractivity contribution in [1.82, 2.24) is 14.5 Å². The van der Waals surface area contributed by atoms with Crippen LogP contribution in [0.15, 0.2) is 24.3 Å². The van der Waals surface area contributed by atoms with E-state index >= 15 is 0 Å². The number of nitrogens with two attached hydrogens (primary N) is 1. The Morgan fingerprint density at radius 1 is 1.13 bits per heavy atom. The molecule has 15 heteroatoms. The topological polar surface area (TPSA) is 202 Å². The molecule has 14 nitrogen and oxygen atoms in total. The molecule has 0 aliphatic carbocycles. The van der Waals surface area contributed by atoms with Crippen molar-refractivity contribution in [3.8, 4) is 5.75 Å². The molecular formula is C32H51N5O9S. The first-order valence-electron chi connectivity index (χ1n) is 16.3. The summed E-state index contributed by atoms with van der Waals surface area (Å²) in [4.78, 5) is 41.6. The number of ether oxygens (including phenoxy) is 3. The summed E-state index contributed by atoms with van der Waals surface area (Å²) in [6, 6.07) is 3.96. The maximum atomic E-state index is 13.3. The van der Waals surface area contributed by atoms with E-state index in [0.717, 1.165) is 32.4 Å². The summed E-state index contributed by atoms with van der Waals surface area (Å²) in [5.74, 6) is -1.50. The second kappa shape index (κ2) is 17.1. The molecule has 2 heterocycles. The van der Waals surface area contributed by atoms with Gasteiger partial charge in [0.2, 0.25) is 10.0 Å². The highest BCUT2D eigenvalue weighted by Gasteiger charge is 2.42. The van der Waals surface area contributed by atoms with Crippen LogP contribution in [-0.2, 0) is 35.5 Å². The van der Waals surface area contributed by atoms with Crippen molar-refractivity contribution in [2.24, 2.45) is 5.73 Å². The number of rotatable bonds is 18. The van der Waals surface area contributed by atoms with E-state index in [1.54, 1.807) is 45.0 Å². The van der Waals surface area contributed by atoms with Gasteiger partial charge in [0.25, 0.3) is 0 Å². The van der Waals surface area contributed by atoms with E-state index in [1.165, 1.54) is 4.90 Å². The molecule has 4 unspecified atom stereocenters. The number of hydrogen-bond donors (Lipinski definition) is 4. The minimum absolute atomic E-state index is 0.00144. The number of carboxylic acids is 1.